The lowest BCUT2D eigenvalue weighted by atomic mass is 10.1. The van der Waals surface area contributed by atoms with Gasteiger partial charge in [-0.15, -0.1) is 11.3 Å². The third-order valence-electron chi connectivity index (χ3n) is 3.21. The molecule has 1 N–H and O–H groups in total. The molecule has 1 unspecified atom stereocenters. The van der Waals surface area contributed by atoms with Gasteiger partial charge < -0.3 is 5.32 Å². The fourth-order valence-corrected chi connectivity index (χ4v) is 3.10. The minimum absolute atomic E-state index is 0.477. The highest BCUT2D eigenvalue weighted by atomic mass is 32.1. The van der Waals surface area contributed by atoms with Gasteiger partial charge in [-0.2, -0.15) is 5.10 Å². The predicted octanol–water partition coefficient (Wildman–Crippen LogP) is 3.33. The number of hydrogen-bond acceptors (Lipinski definition) is 3. The molecule has 0 spiro atoms. The first kappa shape index (κ1) is 14.3. The Kier molecular flexibility index (Phi) is 4.77. The average molecular weight is 277 g/mol. The zero-order valence-corrected chi connectivity index (χ0v) is 13.0. The molecule has 2 heterocycles. The Balaban J connectivity index is 1.91. The molecular weight excluding hydrogens is 254 g/mol. The Labute approximate surface area is 119 Å². The summed E-state index contributed by atoms with van der Waals surface area (Å²) in [6.07, 6.45) is 3.22. The quantitative estimate of drug-likeness (QED) is 0.878. The number of aromatic nitrogens is 2. The summed E-state index contributed by atoms with van der Waals surface area (Å²) >= 11 is 1.83. The predicted molar refractivity (Wildman–Crippen MR) is 81.6 cm³/mol. The second kappa shape index (κ2) is 6.35. The molecule has 2 rings (SSSR count). The maximum atomic E-state index is 4.54. The zero-order valence-electron chi connectivity index (χ0n) is 12.2. The van der Waals surface area contributed by atoms with Crippen molar-refractivity contribution in [2.24, 2.45) is 7.05 Å². The topological polar surface area (TPSA) is 29.9 Å². The summed E-state index contributed by atoms with van der Waals surface area (Å²) in [6, 6.07) is 4.80. The number of hydrogen-bond donors (Lipinski definition) is 1. The largest absolute Gasteiger partial charge is 0.310 e. The first-order valence-corrected chi connectivity index (χ1v) is 7.72. The van der Waals surface area contributed by atoms with Gasteiger partial charge in [0.15, 0.2) is 0 Å². The minimum atomic E-state index is 0.477. The Morgan fingerprint density at radius 3 is 2.79 bits per heavy atom. The van der Waals surface area contributed by atoms with Crippen LogP contribution in [-0.4, -0.2) is 15.8 Å². The molecule has 0 aliphatic carbocycles. The lowest BCUT2D eigenvalue weighted by Crippen LogP contribution is -2.27. The smallest absolute Gasteiger partial charge is 0.0694 e. The number of aryl methyl sites for hydroxylation is 1. The SMILES string of the molecule is CC(Cc1cccs1)NCc1cn(C)nc1C(C)C. The molecule has 2 aromatic rings. The molecule has 19 heavy (non-hydrogen) atoms. The fraction of sp³-hybridized carbons (Fsp3) is 0.533. The monoisotopic (exact) mass is 277 g/mol. The van der Waals surface area contributed by atoms with E-state index >= 15 is 0 Å². The Hall–Kier alpha value is -1.13. The van der Waals surface area contributed by atoms with Crippen LogP contribution in [0.5, 0.6) is 0 Å². The average Bonchev–Trinajstić information content (AvgIpc) is 2.96. The first-order valence-electron chi connectivity index (χ1n) is 6.84. The van der Waals surface area contributed by atoms with Gasteiger partial charge in [-0.05, 0) is 30.7 Å². The molecule has 0 saturated heterocycles. The molecule has 0 saturated carbocycles. The van der Waals surface area contributed by atoms with E-state index < -0.39 is 0 Å². The molecule has 1 atom stereocenters. The summed E-state index contributed by atoms with van der Waals surface area (Å²) < 4.78 is 1.91. The molecule has 4 heteroatoms. The van der Waals surface area contributed by atoms with Crippen LogP contribution in [0, 0.1) is 0 Å². The van der Waals surface area contributed by atoms with Crippen LogP contribution in [0.1, 0.15) is 42.8 Å². The number of rotatable bonds is 6. The molecule has 0 radical (unpaired) electrons. The maximum Gasteiger partial charge on any atom is 0.0694 e. The van der Waals surface area contributed by atoms with Gasteiger partial charge in [-0.25, -0.2) is 0 Å². The molecule has 0 amide bonds. The van der Waals surface area contributed by atoms with Crippen LogP contribution >= 0.6 is 11.3 Å². The molecule has 0 aromatic carbocycles. The van der Waals surface area contributed by atoms with Gasteiger partial charge in [-0.1, -0.05) is 19.9 Å². The summed E-state index contributed by atoms with van der Waals surface area (Å²) in [5.74, 6) is 0.477. The number of nitrogens with zero attached hydrogens (tertiary/aromatic N) is 2. The first-order chi connectivity index (χ1) is 9.06. The summed E-state index contributed by atoms with van der Waals surface area (Å²) in [7, 11) is 1.99. The van der Waals surface area contributed by atoms with Crippen molar-refractivity contribution in [2.45, 2.75) is 45.7 Å². The van der Waals surface area contributed by atoms with Crippen LogP contribution in [-0.2, 0) is 20.0 Å². The van der Waals surface area contributed by atoms with E-state index in [1.807, 2.05) is 23.1 Å². The van der Waals surface area contributed by atoms with Crippen molar-refractivity contribution in [3.05, 3.63) is 39.8 Å². The van der Waals surface area contributed by atoms with E-state index in [0.29, 0.717) is 12.0 Å². The van der Waals surface area contributed by atoms with Gasteiger partial charge in [0.25, 0.3) is 0 Å². The van der Waals surface area contributed by atoms with Gasteiger partial charge in [0.05, 0.1) is 5.69 Å². The van der Waals surface area contributed by atoms with Gasteiger partial charge in [0.1, 0.15) is 0 Å². The molecule has 0 bridgehead atoms. The summed E-state index contributed by atoms with van der Waals surface area (Å²) in [6.45, 7) is 7.53. The Bertz CT molecular complexity index is 499. The van der Waals surface area contributed by atoms with Crippen LogP contribution in [0.2, 0.25) is 0 Å². The van der Waals surface area contributed by atoms with E-state index in [0.717, 1.165) is 13.0 Å². The molecular formula is C15H23N3S. The van der Waals surface area contributed by atoms with Crippen LogP contribution in [0.25, 0.3) is 0 Å². The van der Waals surface area contributed by atoms with E-state index in [-0.39, 0.29) is 0 Å². The summed E-state index contributed by atoms with van der Waals surface area (Å²) in [5, 5.41) is 10.3. The van der Waals surface area contributed by atoms with Crippen molar-refractivity contribution in [3.63, 3.8) is 0 Å². The van der Waals surface area contributed by atoms with E-state index in [4.69, 9.17) is 0 Å². The van der Waals surface area contributed by atoms with E-state index in [9.17, 15) is 0 Å². The van der Waals surface area contributed by atoms with Crippen LogP contribution in [0.15, 0.2) is 23.7 Å². The van der Waals surface area contributed by atoms with Crippen molar-refractivity contribution in [1.29, 1.82) is 0 Å². The van der Waals surface area contributed by atoms with Crippen LogP contribution in [0.4, 0.5) is 0 Å². The van der Waals surface area contributed by atoms with Gasteiger partial charge in [0, 0.05) is 36.3 Å². The second-order valence-corrected chi connectivity index (χ2v) is 6.47. The number of thiophene rings is 1. The highest BCUT2D eigenvalue weighted by Crippen LogP contribution is 2.17. The highest BCUT2D eigenvalue weighted by Gasteiger charge is 2.12. The highest BCUT2D eigenvalue weighted by molar-refractivity contribution is 7.09. The van der Waals surface area contributed by atoms with E-state index in [1.165, 1.54) is 16.1 Å². The van der Waals surface area contributed by atoms with Crippen LogP contribution in [0.3, 0.4) is 0 Å². The van der Waals surface area contributed by atoms with Crippen molar-refractivity contribution < 1.29 is 0 Å². The minimum Gasteiger partial charge on any atom is -0.310 e. The fourth-order valence-electron chi connectivity index (χ4n) is 2.26. The van der Waals surface area contributed by atoms with E-state index in [2.05, 4.69) is 54.9 Å². The zero-order chi connectivity index (χ0) is 13.8. The van der Waals surface area contributed by atoms with Crippen molar-refractivity contribution in [1.82, 2.24) is 15.1 Å². The van der Waals surface area contributed by atoms with Crippen molar-refractivity contribution in [3.8, 4) is 0 Å². The third kappa shape index (κ3) is 3.91. The van der Waals surface area contributed by atoms with Gasteiger partial charge in [0.2, 0.25) is 0 Å². The molecule has 2 aromatic heterocycles. The molecule has 3 nitrogen and oxygen atoms in total. The summed E-state index contributed by atoms with van der Waals surface area (Å²) in [5.41, 5.74) is 2.52. The standard InChI is InChI=1S/C15H23N3S/c1-11(2)15-13(10-18(4)17-15)9-16-12(3)8-14-6-5-7-19-14/h5-7,10-12,16H,8-9H2,1-4H3. The van der Waals surface area contributed by atoms with Gasteiger partial charge in [-0.3, -0.25) is 4.68 Å². The number of nitrogens with one attached hydrogen (secondary N) is 1. The van der Waals surface area contributed by atoms with Crippen molar-refractivity contribution >= 4 is 11.3 Å². The molecule has 0 fully saturated rings. The third-order valence-corrected chi connectivity index (χ3v) is 4.11. The molecule has 0 aliphatic heterocycles. The summed E-state index contributed by atoms with van der Waals surface area (Å²) in [4.78, 5) is 1.44. The van der Waals surface area contributed by atoms with Crippen LogP contribution < -0.4 is 5.32 Å². The Morgan fingerprint density at radius 1 is 1.37 bits per heavy atom. The lowest BCUT2D eigenvalue weighted by Gasteiger charge is -2.13. The maximum absolute atomic E-state index is 4.54. The molecule has 104 valence electrons. The van der Waals surface area contributed by atoms with Crippen molar-refractivity contribution in [2.75, 3.05) is 0 Å². The molecule has 0 aliphatic rings. The Morgan fingerprint density at radius 2 is 2.16 bits per heavy atom. The van der Waals surface area contributed by atoms with Gasteiger partial charge >= 0.3 is 0 Å². The lowest BCUT2D eigenvalue weighted by molar-refractivity contribution is 0.545. The van der Waals surface area contributed by atoms with E-state index in [1.54, 1.807) is 0 Å². The second-order valence-electron chi connectivity index (χ2n) is 5.43. The normalized spacial score (nSPS) is 13.1.